The molecule has 1 heterocycles. The molecule has 1 fully saturated rings. The molecule has 0 saturated carbocycles. The van der Waals surface area contributed by atoms with Crippen molar-refractivity contribution in [2.75, 3.05) is 13.1 Å². The lowest BCUT2D eigenvalue weighted by molar-refractivity contribution is -0.137. The molecule has 1 nitrogen and oxygen atoms in total. The molecule has 0 radical (unpaired) electrons. The van der Waals surface area contributed by atoms with E-state index in [4.69, 9.17) is 0 Å². The van der Waals surface area contributed by atoms with Gasteiger partial charge in [0.15, 0.2) is 0 Å². The van der Waals surface area contributed by atoms with Crippen molar-refractivity contribution in [2.24, 2.45) is 5.92 Å². The molecule has 2 rings (SSSR count). The lowest BCUT2D eigenvalue weighted by atomic mass is 10.1. The molecule has 1 aromatic carbocycles. The van der Waals surface area contributed by atoms with Crippen LogP contribution in [0, 0.1) is 17.8 Å². The van der Waals surface area contributed by atoms with Crippen molar-refractivity contribution in [2.45, 2.75) is 12.6 Å². The summed E-state index contributed by atoms with van der Waals surface area (Å²) in [7, 11) is 0. The molecule has 1 saturated heterocycles. The van der Waals surface area contributed by atoms with Gasteiger partial charge in [-0.25, -0.2) is 0 Å². The van der Waals surface area contributed by atoms with Crippen molar-refractivity contribution in [1.82, 2.24) is 5.32 Å². The van der Waals surface area contributed by atoms with Crippen LogP contribution >= 0.6 is 0 Å². The van der Waals surface area contributed by atoms with E-state index < -0.39 is 11.7 Å². The second-order valence-corrected chi connectivity index (χ2v) is 4.03. The van der Waals surface area contributed by atoms with E-state index >= 15 is 0 Å². The van der Waals surface area contributed by atoms with Crippen LogP contribution in [0.25, 0.3) is 0 Å². The molecule has 0 aliphatic carbocycles. The predicted octanol–water partition coefficient (Wildman–Crippen LogP) is 2.67. The maximum Gasteiger partial charge on any atom is 0.416 e. The van der Waals surface area contributed by atoms with Crippen LogP contribution in [0.5, 0.6) is 0 Å². The number of benzene rings is 1. The molecular weight excluding hydrogens is 227 g/mol. The van der Waals surface area contributed by atoms with Gasteiger partial charge in [0.25, 0.3) is 0 Å². The Morgan fingerprint density at radius 1 is 1.18 bits per heavy atom. The first-order valence-corrected chi connectivity index (χ1v) is 5.45. The maximum atomic E-state index is 12.3. The molecule has 1 unspecified atom stereocenters. The Hall–Kier alpha value is -1.47. The van der Waals surface area contributed by atoms with Crippen molar-refractivity contribution in [3.05, 3.63) is 35.4 Å². The van der Waals surface area contributed by atoms with Crippen molar-refractivity contribution < 1.29 is 13.2 Å². The molecule has 0 spiro atoms. The largest absolute Gasteiger partial charge is 0.416 e. The third-order valence-electron chi connectivity index (χ3n) is 2.69. The molecule has 1 aliphatic heterocycles. The van der Waals surface area contributed by atoms with E-state index in [2.05, 4.69) is 17.2 Å². The molecule has 1 aromatic rings. The van der Waals surface area contributed by atoms with Crippen LogP contribution in [-0.4, -0.2) is 13.1 Å². The highest BCUT2D eigenvalue weighted by Crippen LogP contribution is 2.28. The van der Waals surface area contributed by atoms with Gasteiger partial charge in [-0.15, -0.1) is 0 Å². The fourth-order valence-electron chi connectivity index (χ4n) is 1.71. The molecular formula is C13H12F3N. The molecule has 1 N–H and O–H groups in total. The van der Waals surface area contributed by atoms with Crippen LogP contribution < -0.4 is 5.32 Å². The third kappa shape index (κ3) is 3.24. The zero-order valence-electron chi connectivity index (χ0n) is 9.14. The second kappa shape index (κ2) is 4.80. The fraction of sp³-hybridized carbons (Fsp3) is 0.385. The molecule has 0 bridgehead atoms. The molecule has 1 aliphatic rings. The first kappa shape index (κ1) is 12.0. The summed E-state index contributed by atoms with van der Waals surface area (Å²) in [4.78, 5) is 0. The van der Waals surface area contributed by atoms with E-state index in [-0.39, 0.29) is 0 Å². The highest BCUT2D eigenvalue weighted by molar-refractivity contribution is 5.37. The van der Waals surface area contributed by atoms with Crippen LogP contribution in [0.2, 0.25) is 0 Å². The quantitative estimate of drug-likeness (QED) is 0.686. The Bertz CT molecular complexity index is 430. The fourth-order valence-corrected chi connectivity index (χ4v) is 1.71. The van der Waals surface area contributed by atoms with Crippen molar-refractivity contribution in [3.63, 3.8) is 0 Å². The van der Waals surface area contributed by atoms with Gasteiger partial charge in [-0.3, -0.25) is 0 Å². The molecule has 90 valence electrons. The summed E-state index contributed by atoms with van der Waals surface area (Å²) in [5.74, 6) is 6.29. The van der Waals surface area contributed by atoms with Gasteiger partial charge in [0, 0.05) is 18.0 Å². The van der Waals surface area contributed by atoms with Gasteiger partial charge in [0.1, 0.15) is 0 Å². The molecule has 1 atom stereocenters. The van der Waals surface area contributed by atoms with Crippen LogP contribution in [0.15, 0.2) is 24.3 Å². The number of rotatable bonds is 0. The minimum Gasteiger partial charge on any atom is -0.315 e. The normalized spacial score (nSPS) is 19.8. The summed E-state index contributed by atoms with van der Waals surface area (Å²) in [6, 6.07) is 4.96. The Balaban J connectivity index is 2.07. The summed E-state index contributed by atoms with van der Waals surface area (Å²) in [6.07, 6.45) is -3.27. The van der Waals surface area contributed by atoms with E-state index in [1.54, 1.807) is 0 Å². The average molecular weight is 239 g/mol. The number of alkyl halides is 3. The number of hydrogen-bond acceptors (Lipinski definition) is 1. The predicted molar refractivity (Wildman–Crippen MR) is 59.3 cm³/mol. The summed E-state index contributed by atoms with van der Waals surface area (Å²) in [5.41, 5.74) is -0.00418. The van der Waals surface area contributed by atoms with Gasteiger partial charge in [0.2, 0.25) is 0 Å². The van der Waals surface area contributed by atoms with E-state index in [9.17, 15) is 13.2 Å². The van der Waals surface area contributed by atoms with Crippen LogP contribution in [-0.2, 0) is 6.18 Å². The zero-order valence-corrected chi connectivity index (χ0v) is 9.14. The SMILES string of the molecule is FC(F)(F)c1ccc(C#CC2CCNC2)cc1. The van der Waals surface area contributed by atoms with E-state index in [1.165, 1.54) is 12.1 Å². The summed E-state index contributed by atoms with van der Waals surface area (Å²) < 4.78 is 36.9. The zero-order chi connectivity index (χ0) is 12.3. The van der Waals surface area contributed by atoms with Gasteiger partial charge >= 0.3 is 6.18 Å². The maximum absolute atomic E-state index is 12.3. The molecule has 0 aromatic heterocycles. The first-order valence-electron chi connectivity index (χ1n) is 5.45. The Morgan fingerprint density at radius 2 is 1.88 bits per heavy atom. The number of hydrogen-bond donors (Lipinski definition) is 1. The van der Waals surface area contributed by atoms with E-state index in [0.717, 1.165) is 31.6 Å². The molecule has 0 amide bonds. The third-order valence-corrected chi connectivity index (χ3v) is 2.69. The molecule has 17 heavy (non-hydrogen) atoms. The van der Waals surface area contributed by atoms with Gasteiger partial charge in [-0.1, -0.05) is 11.8 Å². The average Bonchev–Trinajstić information content (AvgIpc) is 2.78. The first-order chi connectivity index (χ1) is 8.05. The van der Waals surface area contributed by atoms with Crippen molar-refractivity contribution in [1.29, 1.82) is 0 Å². The van der Waals surface area contributed by atoms with Crippen LogP contribution in [0.1, 0.15) is 17.5 Å². The Labute approximate surface area is 98.0 Å². The topological polar surface area (TPSA) is 12.0 Å². The van der Waals surface area contributed by atoms with Gasteiger partial charge in [-0.2, -0.15) is 13.2 Å². The minimum absolute atomic E-state index is 0.317. The number of halogens is 3. The van der Waals surface area contributed by atoms with Crippen molar-refractivity contribution in [3.8, 4) is 11.8 Å². The van der Waals surface area contributed by atoms with Crippen LogP contribution in [0.3, 0.4) is 0 Å². The van der Waals surface area contributed by atoms with E-state index in [0.29, 0.717) is 11.5 Å². The lowest BCUT2D eigenvalue weighted by Crippen LogP contribution is -2.07. The van der Waals surface area contributed by atoms with Gasteiger partial charge < -0.3 is 5.32 Å². The highest BCUT2D eigenvalue weighted by atomic mass is 19.4. The number of nitrogens with one attached hydrogen (secondary N) is 1. The van der Waals surface area contributed by atoms with Gasteiger partial charge in [-0.05, 0) is 37.2 Å². The summed E-state index contributed by atoms with van der Waals surface area (Å²) >= 11 is 0. The van der Waals surface area contributed by atoms with Crippen molar-refractivity contribution >= 4 is 0 Å². The Morgan fingerprint density at radius 3 is 2.41 bits per heavy atom. The lowest BCUT2D eigenvalue weighted by Gasteiger charge is -2.05. The minimum atomic E-state index is -4.28. The monoisotopic (exact) mass is 239 g/mol. The smallest absolute Gasteiger partial charge is 0.315 e. The summed E-state index contributed by atoms with van der Waals surface area (Å²) in [6.45, 7) is 1.83. The van der Waals surface area contributed by atoms with Gasteiger partial charge in [0.05, 0.1) is 5.56 Å². The molecule has 4 heteroatoms. The van der Waals surface area contributed by atoms with Crippen LogP contribution in [0.4, 0.5) is 13.2 Å². The second-order valence-electron chi connectivity index (χ2n) is 4.03. The highest BCUT2D eigenvalue weighted by Gasteiger charge is 2.29. The summed E-state index contributed by atoms with van der Waals surface area (Å²) in [5, 5.41) is 3.19. The van der Waals surface area contributed by atoms with E-state index in [1.807, 2.05) is 0 Å². The standard InChI is InChI=1S/C13H12F3N/c14-13(15,16)12-5-3-10(4-6-12)1-2-11-7-8-17-9-11/h3-6,11,17H,7-9H2. The Kier molecular flexibility index (Phi) is 3.39.